The molecule has 1 aliphatic rings. The third kappa shape index (κ3) is 4.32. The van der Waals surface area contributed by atoms with Crippen LogP contribution in [0.1, 0.15) is 39.5 Å². The summed E-state index contributed by atoms with van der Waals surface area (Å²) in [5.41, 5.74) is 0.404. The summed E-state index contributed by atoms with van der Waals surface area (Å²) < 4.78 is 21.4. The Balaban J connectivity index is 2.34. The molecule has 13 heavy (non-hydrogen) atoms. The number of hydrogen-bond acceptors (Lipinski definition) is 2. The van der Waals surface area contributed by atoms with Gasteiger partial charge in [-0.25, -0.2) is 8.42 Å². The van der Waals surface area contributed by atoms with Crippen LogP contribution in [0.5, 0.6) is 0 Å². The zero-order chi connectivity index (χ0) is 10.1. The molecule has 0 heterocycles. The Kier molecular flexibility index (Phi) is 3.29. The zero-order valence-corrected chi connectivity index (χ0v) is 9.79. The molecule has 0 radical (unpaired) electrons. The quantitative estimate of drug-likeness (QED) is 0.691. The molecule has 0 aliphatic heterocycles. The highest BCUT2D eigenvalue weighted by molar-refractivity contribution is 8.13. The van der Waals surface area contributed by atoms with E-state index in [2.05, 4.69) is 13.8 Å². The molecular formula is C9H17ClO2S. The van der Waals surface area contributed by atoms with Crippen molar-refractivity contribution in [2.75, 3.05) is 5.75 Å². The first-order valence-electron chi connectivity index (χ1n) is 4.71. The summed E-state index contributed by atoms with van der Waals surface area (Å²) >= 11 is 0. The number of hydrogen-bond donors (Lipinski definition) is 0. The van der Waals surface area contributed by atoms with Crippen molar-refractivity contribution >= 4 is 19.7 Å². The fourth-order valence-corrected chi connectivity index (χ4v) is 3.02. The SMILES string of the molecule is CC1(C)CCC(CCS(=O)(=O)Cl)C1. The molecule has 0 amide bonds. The first-order valence-corrected chi connectivity index (χ1v) is 7.19. The smallest absolute Gasteiger partial charge is 0.212 e. The fraction of sp³-hybridized carbons (Fsp3) is 1.00. The van der Waals surface area contributed by atoms with E-state index in [0.29, 0.717) is 11.3 Å². The second-order valence-corrected chi connectivity index (χ2v) is 7.70. The minimum Gasteiger partial charge on any atom is -0.212 e. The van der Waals surface area contributed by atoms with Crippen LogP contribution < -0.4 is 0 Å². The first kappa shape index (κ1) is 11.3. The molecule has 1 unspecified atom stereocenters. The molecule has 0 spiro atoms. The van der Waals surface area contributed by atoms with Gasteiger partial charge < -0.3 is 0 Å². The molecule has 0 aromatic heterocycles. The molecular weight excluding hydrogens is 208 g/mol. The standard InChI is InChI=1S/C9H17ClO2S/c1-9(2)5-3-8(7-9)4-6-13(10,11)12/h8H,3-7H2,1-2H3. The van der Waals surface area contributed by atoms with Crippen LogP contribution in [0.2, 0.25) is 0 Å². The molecule has 78 valence electrons. The van der Waals surface area contributed by atoms with E-state index in [1.807, 2.05) is 0 Å². The van der Waals surface area contributed by atoms with E-state index in [0.717, 1.165) is 19.3 Å². The Bertz CT molecular complexity index is 269. The molecule has 2 nitrogen and oxygen atoms in total. The molecule has 1 rings (SSSR count). The van der Waals surface area contributed by atoms with Crippen molar-refractivity contribution in [2.45, 2.75) is 39.5 Å². The van der Waals surface area contributed by atoms with Gasteiger partial charge in [0.05, 0.1) is 5.75 Å². The highest BCUT2D eigenvalue weighted by Gasteiger charge is 2.31. The lowest BCUT2D eigenvalue weighted by molar-refractivity contribution is 0.358. The van der Waals surface area contributed by atoms with Gasteiger partial charge in [-0.05, 0) is 37.0 Å². The van der Waals surface area contributed by atoms with Gasteiger partial charge in [0.2, 0.25) is 9.05 Å². The maximum atomic E-state index is 10.7. The molecule has 0 saturated heterocycles. The number of rotatable bonds is 3. The molecule has 1 atom stereocenters. The summed E-state index contributed by atoms with van der Waals surface area (Å²) in [4.78, 5) is 0. The molecule has 0 N–H and O–H groups in total. The molecule has 0 aromatic rings. The predicted octanol–water partition coefficient (Wildman–Crippen LogP) is 2.77. The zero-order valence-electron chi connectivity index (χ0n) is 8.22. The van der Waals surface area contributed by atoms with Gasteiger partial charge in [-0.3, -0.25) is 0 Å². The van der Waals surface area contributed by atoms with Crippen LogP contribution in [-0.2, 0) is 9.05 Å². The molecule has 0 aromatic carbocycles. The number of halogens is 1. The fourth-order valence-electron chi connectivity index (χ4n) is 2.13. The van der Waals surface area contributed by atoms with E-state index in [1.54, 1.807) is 0 Å². The molecule has 4 heteroatoms. The predicted molar refractivity (Wildman–Crippen MR) is 55.4 cm³/mol. The van der Waals surface area contributed by atoms with Crippen LogP contribution in [0.25, 0.3) is 0 Å². The minimum absolute atomic E-state index is 0.134. The van der Waals surface area contributed by atoms with Gasteiger partial charge in [0, 0.05) is 10.7 Å². The molecule has 1 saturated carbocycles. The maximum absolute atomic E-state index is 10.7. The topological polar surface area (TPSA) is 34.1 Å². The van der Waals surface area contributed by atoms with Crippen LogP contribution >= 0.6 is 10.7 Å². The first-order chi connectivity index (χ1) is 5.79. The van der Waals surface area contributed by atoms with E-state index in [1.165, 1.54) is 6.42 Å². The van der Waals surface area contributed by atoms with Gasteiger partial charge >= 0.3 is 0 Å². The van der Waals surface area contributed by atoms with Crippen molar-refractivity contribution in [3.63, 3.8) is 0 Å². The van der Waals surface area contributed by atoms with E-state index in [-0.39, 0.29) is 5.75 Å². The summed E-state index contributed by atoms with van der Waals surface area (Å²) in [6, 6.07) is 0. The Morgan fingerprint density at radius 3 is 2.46 bits per heavy atom. The van der Waals surface area contributed by atoms with Crippen LogP contribution in [0, 0.1) is 11.3 Å². The van der Waals surface area contributed by atoms with Gasteiger partial charge in [0.25, 0.3) is 0 Å². The van der Waals surface area contributed by atoms with E-state index in [9.17, 15) is 8.42 Å². The normalized spacial score (nSPS) is 27.8. The van der Waals surface area contributed by atoms with Gasteiger partial charge in [-0.2, -0.15) is 0 Å². The van der Waals surface area contributed by atoms with E-state index in [4.69, 9.17) is 10.7 Å². The van der Waals surface area contributed by atoms with E-state index >= 15 is 0 Å². The van der Waals surface area contributed by atoms with E-state index < -0.39 is 9.05 Å². The molecule has 1 fully saturated rings. The van der Waals surface area contributed by atoms with Gasteiger partial charge in [0.15, 0.2) is 0 Å². The summed E-state index contributed by atoms with van der Waals surface area (Å²) in [7, 11) is 1.88. The lowest BCUT2D eigenvalue weighted by atomic mass is 9.90. The Hall–Kier alpha value is 0.240. The highest BCUT2D eigenvalue weighted by Crippen LogP contribution is 2.42. The van der Waals surface area contributed by atoms with Gasteiger partial charge in [-0.1, -0.05) is 13.8 Å². The maximum Gasteiger partial charge on any atom is 0.232 e. The monoisotopic (exact) mass is 224 g/mol. The van der Waals surface area contributed by atoms with Crippen molar-refractivity contribution < 1.29 is 8.42 Å². The lowest BCUT2D eigenvalue weighted by Gasteiger charge is -2.16. The largest absolute Gasteiger partial charge is 0.232 e. The van der Waals surface area contributed by atoms with Gasteiger partial charge in [0.1, 0.15) is 0 Å². The summed E-state index contributed by atoms with van der Waals surface area (Å²) in [5.74, 6) is 0.693. The van der Waals surface area contributed by atoms with Crippen molar-refractivity contribution in [3.05, 3.63) is 0 Å². The van der Waals surface area contributed by atoms with Crippen LogP contribution in [0.4, 0.5) is 0 Å². The lowest BCUT2D eigenvalue weighted by Crippen LogP contribution is -2.08. The van der Waals surface area contributed by atoms with Crippen LogP contribution in [0.15, 0.2) is 0 Å². The Labute approximate surface area is 85.1 Å². The van der Waals surface area contributed by atoms with Crippen molar-refractivity contribution in [2.24, 2.45) is 11.3 Å². The Morgan fingerprint density at radius 1 is 1.46 bits per heavy atom. The van der Waals surface area contributed by atoms with Crippen molar-refractivity contribution in [1.82, 2.24) is 0 Å². The van der Waals surface area contributed by atoms with Crippen molar-refractivity contribution in [1.29, 1.82) is 0 Å². The molecule has 1 aliphatic carbocycles. The third-order valence-corrected chi connectivity index (χ3v) is 4.03. The summed E-state index contributed by atoms with van der Waals surface area (Å²) in [5, 5.41) is 0. The summed E-state index contributed by atoms with van der Waals surface area (Å²) in [6.45, 7) is 4.48. The average Bonchev–Trinajstić information content (AvgIpc) is 2.24. The highest BCUT2D eigenvalue weighted by atomic mass is 35.7. The second-order valence-electron chi connectivity index (χ2n) is 4.80. The minimum atomic E-state index is -3.28. The summed E-state index contributed by atoms with van der Waals surface area (Å²) in [6.07, 6.45) is 4.23. The van der Waals surface area contributed by atoms with Gasteiger partial charge in [-0.15, -0.1) is 0 Å². The Morgan fingerprint density at radius 2 is 2.08 bits per heavy atom. The second kappa shape index (κ2) is 3.77. The van der Waals surface area contributed by atoms with Crippen LogP contribution in [-0.4, -0.2) is 14.2 Å². The van der Waals surface area contributed by atoms with Crippen molar-refractivity contribution in [3.8, 4) is 0 Å². The molecule has 0 bridgehead atoms. The average molecular weight is 225 g/mol. The third-order valence-electron chi connectivity index (χ3n) is 2.84. The van der Waals surface area contributed by atoms with Crippen LogP contribution in [0.3, 0.4) is 0 Å².